The molecular weight excluding hydrogens is 388 g/mol. The van der Waals surface area contributed by atoms with Crippen molar-refractivity contribution in [2.75, 3.05) is 0 Å². The molecule has 25 heavy (non-hydrogen) atoms. The first kappa shape index (κ1) is 15.7. The monoisotopic (exact) mass is 398 g/mol. The fourth-order valence-electron chi connectivity index (χ4n) is 2.83. The molecule has 0 aliphatic carbocycles. The van der Waals surface area contributed by atoms with Crippen LogP contribution in [0.3, 0.4) is 0 Å². The second-order valence-electron chi connectivity index (χ2n) is 5.71. The number of rotatable bonds is 1. The van der Waals surface area contributed by atoms with E-state index in [4.69, 9.17) is 9.15 Å². The molecule has 1 aromatic heterocycles. The predicted molar refractivity (Wildman–Crippen MR) is 96.0 cm³/mol. The number of allylic oxidation sites excluding steroid dienone is 1. The zero-order chi connectivity index (χ0) is 17.7. The Morgan fingerprint density at radius 3 is 2.72 bits per heavy atom. The van der Waals surface area contributed by atoms with E-state index < -0.39 is 11.4 Å². The van der Waals surface area contributed by atoms with E-state index in [1.807, 2.05) is 0 Å². The summed E-state index contributed by atoms with van der Waals surface area (Å²) < 4.78 is 11.6. The second kappa shape index (κ2) is 5.60. The molecular formula is C19H11BrO5. The first-order valence-electron chi connectivity index (χ1n) is 7.44. The molecule has 0 saturated carbocycles. The topological polar surface area (TPSA) is 76.7 Å². The average Bonchev–Trinajstić information content (AvgIpc) is 2.87. The lowest BCUT2D eigenvalue weighted by Crippen LogP contribution is -2.02. The van der Waals surface area contributed by atoms with E-state index in [1.54, 1.807) is 31.2 Å². The zero-order valence-electron chi connectivity index (χ0n) is 13.0. The molecule has 6 heteroatoms. The van der Waals surface area contributed by atoms with Crippen LogP contribution in [0, 0.1) is 6.92 Å². The van der Waals surface area contributed by atoms with Crippen molar-refractivity contribution in [3.05, 3.63) is 73.7 Å². The Kier molecular flexibility index (Phi) is 3.51. The number of fused-ring (bicyclic) bond motifs is 3. The van der Waals surface area contributed by atoms with Gasteiger partial charge in [-0.25, -0.2) is 4.79 Å². The summed E-state index contributed by atoms with van der Waals surface area (Å²) in [6.45, 7) is 1.78. The number of hydrogen-bond acceptors (Lipinski definition) is 5. The molecule has 0 saturated heterocycles. The van der Waals surface area contributed by atoms with E-state index in [0.29, 0.717) is 16.7 Å². The highest BCUT2D eigenvalue weighted by Crippen LogP contribution is 2.38. The maximum Gasteiger partial charge on any atom is 0.336 e. The molecule has 0 radical (unpaired) electrons. The number of benzene rings is 2. The van der Waals surface area contributed by atoms with Gasteiger partial charge in [-0.1, -0.05) is 15.9 Å². The standard InChI is InChI=1S/C19H11BrO5/c1-9-6-16(22)25-19-12(9)3-5-14-17(19)18(23)15(24-14)8-10-7-11(20)2-4-13(10)21/h2-8,21H,1H3. The molecule has 4 rings (SSSR count). The van der Waals surface area contributed by atoms with Gasteiger partial charge in [0.15, 0.2) is 11.3 Å². The molecule has 5 nitrogen and oxygen atoms in total. The van der Waals surface area contributed by atoms with Gasteiger partial charge in [-0.15, -0.1) is 0 Å². The smallest absolute Gasteiger partial charge is 0.336 e. The van der Waals surface area contributed by atoms with Crippen LogP contribution >= 0.6 is 15.9 Å². The van der Waals surface area contributed by atoms with Gasteiger partial charge in [-0.05, 0) is 48.9 Å². The number of carbonyl (C=O) groups excluding carboxylic acids is 1. The fraction of sp³-hybridized carbons (Fsp3) is 0.0526. The first-order chi connectivity index (χ1) is 11.9. The van der Waals surface area contributed by atoms with Crippen molar-refractivity contribution in [3.63, 3.8) is 0 Å². The summed E-state index contributed by atoms with van der Waals surface area (Å²) in [5.74, 6) is 0.0102. The highest BCUT2D eigenvalue weighted by atomic mass is 79.9. The van der Waals surface area contributed by atoms with Gasteiger partial charge in [-0.2, -0.15) is 0 Å². The van der Waals surface area contributed by atoms with E-state index >= 15 is 0 Å². The van der Waals surface area contributed by atoms with Crippen LogP contribution in [0.25, 0.3) is 17.0 Å². The van der Waals surface area contributed by atoms with Crippen LogP contribution in [0.15, 0.2) is 55.8 Å². The third-order valence-electron chi connectivity index (χ3n) is 4.03. The number of ether oxygens (including phenoxy) is 1. The largest absolute Gasteiger partial charge is 0.507 e. The quantitative estimate of drug-likeness (QED) is 0.491. The van der Waals surface area contributed by atoms with Gasteiger partial charge < -0.3 is 14.3 Å². The van der Waals surface area contributed by atoms with Gasteiger partial charge in [0.25, 0.3) is 0 Å². The van der Waals surface area contributed by atoms with Crippen molar-refractivity contribution < 1.29 is 19.1 Å². The number of ketones is 1. The van der Waals surface area contributed by atoms with Crippen molar-refractivity contribution in [1.82, 2.24) is 0 Å². The van der Waals surface area contributed by atoms with Crippen LogP contribution in [0.4, 0.5) is 0 Å². The van der Waals surface area contributed by atoms with E-state index in [2.05, 4.69) is 15.9 Å². The summed E-state index contributed by atoms with van der Waals surface area (Å²) in [6.07, 6.45) is 1.46. The zero-order valence-corrected chi connectivity index (χ0v) is 14.6. The maximum atomic E-state index is 12.8. The third kappa shape index (κ3) is 2.55. The van der Waals surface area contributed by atoms with E-state index in [1.165, 1.54) is 18.2 Å². The van der Waals surface area contributed by atoms with Crippen LogP contribution in [-0.2, 0) is 0 Å². The molecule has 1 aliphatic heterocycles. The number of phenolic OH excluding ortho intramolecular Hbond substituents is 1. The van der Waals surface area contributed by atoms with E-state index in [0.717, 1.165) is 10.0 Å². The molecule has 0 unspecified atom stereocenters. The van der Waals surface area contributed by atoms with Crippen LogP contribution in [0.1, 0.15) is 21.5 Å². The van der Waals surface area contributed by atoms with E-state index in [9.17, 15) is 14.7 Å². The lowest BCUT2D eigenvalue weighted by molar-refractivity contribution is 0.101. The van der Waals surface area contributed by atoms with Gasteiger partial charge in [0.1, 0.15) is 17.1 Å². The number of phenols is 1. The Bertz CT molecular complexity index is 1140. The first-order valence-corrected chi connectivity index (χ1v) is 8.23. The number of aryl methyl sites for hydroxylation is 1. The minimum absolute atomic E-state index is 0.0234. The summed E-state index contributed by atoms with van der Waals surface area (Å²) in [4.78, 5) is 24.5. The minimum Gasteiger partial charge on any atom is -0.507 e. The summed E-state index contributed by atoms with van der Waals surface area (Å²) in [7, 11) is 0. The molecule has 0 spiro atoms. The number of Topliss-reactive ketones (excluding diaryl/α,β-unsaturated/α-hetero) is 1. The lowest BCUT2D eigenvalue weighted by Gasteiger charge is -2.03. The Morgan fingerprint density at radius 1 is 1.12 bits per heavy atom. The predicted octanol–water partition coefficient (Wildman–Crippen LogP) is 4.19. The minimum atomic E-state index is -0.520. The van der Waals surface area contributed by atoms with Gasteiger partial charge in [0.05, 0.1) is 0 Å². The normalized spacial score (nSPS) is 14.8. The van der Waals surface area contributed by atoms with Gasteiger partial charge in [-0.3, -0.25) is 4.79 Å². The molecule has 1 aliphatic rings. The van der Waals surface area contributed by atoms with Crippen LogP contribution < -0.4 is 10.4 Å². The molecule has 3 aromatic rings. The summed E-state index contributed by atoms with van der Waals surface area (Å²) in [6, 6.07) is 9.67. The maximum absolute atomic E-state index is 12.8. The second-order valence-corrected chi connectivity index (χ2v) is 6.62. The Labute approximate surface area is 150 Å². The lowest BCUT2D eigenvalue weighted by atomic mass is 10.0. The SMILES string of the molecule is Cc1cc(=O)oc2c3c(ccc12)OC(=Cc1cc(Br)ccc1O)C3=O. The molecule has 0 atom stereocenters. The molecule has 0 bridgehead atoms. The van der Waals surface area contributed by atoms with Crippen molar-refractivity contribution in [3.8, 4) is 11.5 Å². The van der Waals surface area contributed by atoms with Crippen LogP contribution in [0.5, 0.6) is 11.5 Å². The van der Waals surface area contributed by atoms with Crippen LogP contribution in [-0.4, -0.2) is 10.9 Å². The van der Waals surface area contributed by atoms with Gasteiger partial charge in [0.2, 0.25) is 5.78 Å². The third-order valence-corrected chi connectivity index (χ3v) is 4.52. The number of carbonyl (C=O) groups is 1. The Hall–Kier alpha value is -2.86. The average molecular weight is 399 g/mol. The Balaban J connectivity index is 1.90. The van der Waals surface area contributed by atoms with Crippen molar-refractivity contribution in [2.24, 2.45) is 0 Å². The number of hydrogen-bond donors (Lipinski definition) is 1. The van der Waals surface area contributed by atoms with Crippen molar-refractivity contribution in [2.45, 2.75) is 6.92 Å². The summed E-state index contributed by atoms with van der Waals surface area (Å²) >= 11 is 3.32. The molecule has 2 heterocycles. The van der Waals surface area contributed by atoms with Crippen LogP contribution in [0.2, 0.25) is 0 Å². The molecule has 124 valence electrons. The van der Waals surface area contributed by atoms with Gasteiger partial charge in [0, 0.05) is 21.5 Å². The fourth-order valence-corrected chi connectivity index (χ4v) is 3.21. The molecule has 0 amide bonds. The number of halogens is 1. The van der Waals surface area contributed by atoms with Gasteiger partial charge >= 0.3 is 5.63 Å². The molecule has 2 aromatic carbocycles. The molecule has 1 N–H and O–H groups in total. The highest BCUT2D eigenvalue weighted by Gasteiger charge is 2.31. The Morgan fingerprint density at radius 2 is 1.92 bits per heavy atom. The number of aromatic hydroxyl groups is 1. The van der Waals surface area contributed by atoms with E-state index in [-0.39, 0.29) is 22.7 Å². The van der Waals surface area contributed by atoms with Crippen molar-refractivity contribution >= 4 is 38.8 Å². The highest BCUT2D eigenvalue weighted by molar-refractivity contribution is 9.10. The summed E-state index contributed by atoms with van der Waals surface area (Å²) in [5, 5.41) is 10.6. The van der Waals surface area contributed by atoms with Crippen molar-refractivity contribution in [1.29, 1.82) is 0 Å². The summed E-state index contributed by atoms with van der Waals surface area (Å²) in [5.41, 5.74) is 1.08. The molecule has 0 fully saturated rings.